The number of phenolic OH excluding ortho intramolecular Hbond substituents is 1. The number of phenols is 1. The van der Waals surface area contributed by atoms with Crippen molar-refractivity contribution in [1.82, 2.24) is 0 Å². The van der Waals surface area contributed by atoms with Crippen molar-refractivity contribution < 1.29 is 9.63 Å². The van der Waals surface area contributed by atoms with Gasteiger partial charge in [0.2, 0.25) is 8.30 Å². The molecule has 3 nitrogen and oxygen atoms in total. The number of hydrogen-bond donors (Lipinski definition) is 2. The van der Waals surface area contributed by atoms with Crippen LogP contribution in [-0.2, 0) is 0 Å². The summed E-state index contributed by atoms with van der Waals surface area (Å²) in [5, 5.41) is 12.5. The molecule has 0 aliphatic carbocycles. The summed E-state index contributed by atoms with van der Waals surface area (Å²) in [5.41, 5.74) is 0.988. The first-order chi connectivity index (χ1) is 8.78. The van der Waals surface area contributed by atoms with E-state index in [4.69, 9.17) is 4.52 Å². The Labute approximate surface area is 108 Å². The molecule has 0 amide bonds. The molecule has 0 fully saturated rings. The number of para-hydroxylation sites is 1. The van der Waals surface area contributed by atoms with Gasteiger partial charge in [0, 0.05) is 5.69 Å². The van der Waals surface area contributed by atoms with E-state index < -0.39 is 8.30 Å². The second kappa shape index (κ2) is 6.08. The maximum absolute atomic E-state index is 9.20. The highest BCUT2D eigenvalue weighted by molar-refractivity contribution is 7.57. The molecule has 2 aromatic rings. The second-order valence-corrected chi connectivity index (χ2v) is 4.99. The van der Waals surface area contributed by atoms with Gasteiger partial charge >= 0.3 is 0 Å². The lowest BCUT2D eigenvalue weighted by molar-refractivity contribution is 0.474. The largest absolute Gasteiger partial charge is 0.508 e. The number of nitrogens with one attached hydrogen (secondary N) is 1. The molecule has 0 aromatic heterocycles. The minimum Gasteiger partial charge on any atom is -0.508 e. The highest BCUT2D eigenvalue weighted by Gasteiger charge is 2.06. The zero-order chi connectivity index (χ0) is 12.8. The van der Waals surface area contributed by atoms with Crippen molar-refractivity contribution in [1.29, 1.82) is 0 Å². The number of hydrogen-bond acceptors (Lipinski definition) is 3. The Balaban J connectivity index is 2.01. The van der Waals surface area contributed by atoms with Crippen molar-refractivity contribution >= 4 is 14.0 Å². The Morgan fingerprint density at radius 1 is 1.06 bits per heavy atom. The van der Waals surface area contributed by atoms with Gasteiger partial charge in [-0.05, 0) is 42.2 Å². The first-order valence-electron chi connectivity index (χ1n) is 5.48. The molecule has 1 unspecified atom stereocenters. The maximum Gasteiger partial charge on any atom is 0.214 e. The molecular weight excluding hydrogens is 245 g/mol. The number of rotatable bonds is 5. The van der Waals surface area contributed by atoms with Gasteiger partial charge in [0.15, 0.2) is 0 Å². The fraction of sp³-hybridized carbons (Fsp3) is 0. The maximum atomic E-state index is 9.20. The summed E-state index contributed by atoms with van der Waals surface area (Å²) in [7, 11) is -0.988. The number of benzene rings is 2. The van der Waals surface area contributed by atoms with Crippen LogP contribution in [0.25, 0.3) is 0 Å². The Bertz CT molecular complexity index is 499. The zero-order valence-electron chi connectivity index (χ0n) is 9.78. The van der Waals surface area contributed by atoms with Crippen LogP contribution in [0, 0.1) is 0 Å². The van der Waals surface area contributed by atoms with Crippen molar-refractivity contribution in [2.75, 3.05) is 5.09 Å². The number of anilines is 1. The van der Waals surface area contributed by atoms with Crippen LogP contribution in [-0.4, -0.2) is 5.11 Å². The van der Waals surface area contributed by atoms with Gasteiger partial charge in [0.05, 0.1) is 0 Å². The van der Waals surface area contributed by atoms with E-state index in [1.54, 1.807) is 30.1 Å². The number of aromatic hydroxyl groups is 1. The molecule has 18 heavy (non-hydrogen) atoms. The third-order valence-electron chi connectivity index (χ3n) is 2.22. The summed E-state index contributed by atoms with van der Waals surface area (Å²) in [4.78, 5) is 0. The van der Waals surface area contributed by atoms with Crippen LogP contribution in [0.3, 0.4) is 0 Å². The van der Waals surface area contributed by atoms with E-state index in [0.717, 1.165) is 5.69 Å². The molecule has 0 aliphatic heterocycles. The van der Waals surface area contributed by atoms with Crippen LogP contribution >= 0.6 is 8.30 Å². The van der Waals surface area contributed by atoms with E-state index in [1.165, 1.54) is 0 Å². The molecule has 2 rings (SSSR count). The molecule has 1 atom stereocenters. The van der Waals surface area contributed by atoms with Crippen molar-refractivity contribution in [3.63, 3.8) is 0 Å². The molecule has 0 saturated carbocycles. The minimum absolute atomic E-state index is 0.223. The highest BCUT2D eigenvalue weighted by Crippen LogP contribution is 2.39. The molecule has 4 heteroatoms. The first-order valence-corrected chi connectivity index (χ1v) is 6.81. The molecule has 0 bridgehead atoms. The molecule has 0 saturated heterocycles. The van der Waals surface area contributed by atoms with Gasteiger partial charge in [0.25, 0.3) is 0 Å². The lowest BCUT2D eigenvalue weighted by Crippen LogP contribution is -1.95. The molecule has 0 radical (unpaired) electrons. The molecule has 2 aromatic carbocycles. The van der Waals surface area contributed by atoms with Crippen molar-refractivity contribution in [2.45, 2.75) is 0 Å². The second-order valence-electron chi connectivity index (χ2n) is 3.57. The first kappa shape index (κ1) is 12.5. The molecule has 2 N–H and O–H groups in total. The Hall–Kier alpha value is -1.99. The molecule has 0 heterocycles. The van der Waals surface area contributed by atoms with Crippen LogP contribution in [0.2, 0.25) is 0 Å². The summed E-state index contributed by atoms with van der Waals surface area (Å²) in [6.45, 7) is 3.76. The van der Waals surface area contributed by atoms with Gasteiger partial charge in [-0.15, -0.1) is 0 Å². The van der Waals surface area contributed by atoms with Gasteiger partial charge in [-0.25, -0.2) is 0 Å². The molecular formula is C14H14NO2P. The van der Waals surface area contributed by atoms with Crippen molar-refractivity contribution in [3.05, 3.63) is 67.0 Å². The normalized spacial score (nSPS) is 11.6. The van der Waals surface area contributed by atoms with E-state index in [-0.39, 0.29) is 5.75 Å². The quantitative estimate of drug-likeness (QED) is 0.785. The van der Waals surface area contributed by atoms with Gasteiger partial charge in [-0.3, -0.25) is 0 Å². The van der Waals surface area contributed by atoms with Crippen molar-refractivity contribution in [2.24, 2.45) is 0 Å². The van der Waals surface area contributed by atoms with E-state index in [9.17, 15) is 5.11 Å². The third-order valence-corrected chi connectivity index (χ3v) is 3.44. The summed E-state index contributed by atoms with van der Waals surface area (Å²) in [6.07, 6.45) is 0. The average molecular weight is 259 g/mol. The summed E-state index contributed by atoms with van der Waals surface area (Å²) in [5.74, 6) is 2.67. The summed E-state index contributed by atoms with van der Waals surface area (Å²) in [6, 6.07) is 16.4. The van der Waals surface area contributed by atoms with Crippen LogP contribution in [0.15, 0.2) is 67.0 Å². The van der Waals surface area contributed by atoms with Gasteiger partial charge in [0.1, 0.15) is 11.5 Å². The van der Waals surface area contributed by atoms with E-state index in [0.29, 0.717) is 5.75 Å². The van der Waals surface area contributed by atoms with E-state index in [2.05, 4.69) is 11.7 Å². The van der Waals surface area contributed by atoms with Gasteiger partial charge in [-0.2, -0.15) is 0 Å². The molecule has 92 valence electrons. The summed E-state index contributed by atoms with van der Waals surface area (Å²) < 4.78 is 5.75. The van der Waals surface area contributed by atoms with E-state index in [1.807, 2.05) is 30.3 Å². The lowest BCUT2D eigenvalue weighted by Gasteiger charge is -2.16. The predicted octanol–water partition coefficient (Wildman–Crippen LogP) is 4.34. The Kier molecular flexibility index (Phi) is 4.21. The van der Waals surface area contributed by atoms with Gasteiger partial charge in [-0.1, -0.05) is 24.8 Å². The topological polar surface area (TPSA) is 41.5 Å². The highest BCUT2D eigenvalue weighted by atomic mass is 31.2. The van der Waals surface area contributed by atoms with Crippen molar-refractivity contribution in [3.8, 4) is 11.5 Å². The van der Waals surface area contributed by atoms with Crippen LogP contribution < -0.4 is 9.61 Å². The van der Waals surface area contributed by atoms with Crippen LogP contribution in [0.1, 0.15) is 0 Å². The third kappa shape index (κ3) is 3.51. The van der Waals surface area contributed by atoms with E-state index >= 15 is 0 Å². The Morgan fingerprint density at radius 3 is 2.33 bits per heavy atom. The summed E-state index contributed by atoms with van der Waals surface area (Å²) >= 11 is 0. The SMILES string of the molecule is C=CP(Nc1ccccc1)Oc1ccc(O)cc1. The molecule has 0 spiro atoms. The molecule has 0 aliphatic rings. The van der Waals surface area contributed by atoms with Crippen LogP contribution in [0.5, 0.6) is 11.5 Å². The smallest absolute Gasteiger partial charge is 0.214 e. The standard InChI is InChI=1S/C14H14NO2P/c1-2-18(15-12-6-4-3-5-7-12)17-14-10-8-13(16)9-11-14/h2-11,15-16H,1H2. The zero-order valence-corrected chi connectivity index (χ0v) is 10.7. The predicted molar refractivity (Wildman–Crippen MR) is 75.9 cm³/mol. The Morgan fingerprint density at radius 2 is 1.72 bits per heavy atom. The lowest BCUT2D eigenvalue weighted by atomic mass is 10.3. The van der Waals surface area contributed by atoms with Gasteiger partial charge < -0.3 is 14.7 Å². The van der Waals surface area contributed by atoms with Crippen LogP contribution in [0.4, 0.5) is 5.69 Å². The minimum atomic E-state index is -0.988. The fourth-order valence-electron chi connectivity index (χ4n) is 1.37. The monoisotopic (exact) mass is 259 g/mol. The fourth-order valence-corrected chi connectivity index (χ4v) is 2.33. The average Bonchev–Trinajstić information content (AvgIpc) is 2.41.